The van der Waals surface area contributed by atoms with Gasteiger partial charge in [-0.3, -0.25) is 4.79 Å². The van der Waals surface area contributed by atoms with E-state index in [1.807, 2.05) is 5.57 Å². The molecular weight excluding hydrogens is 416 g/mol. The third-order valence-corrected chi connectivity index (χ3v) is 13.6. The van der Waals surface area contributed by atoms with Gasteiger partial charge in [0.05, 0.1) is 0 Å². The molecule has 5 aliphatic carbocycles. The highest BCUT2D eigenvalue weighted by Crippen LogP contribution is 2.75. The number of fused-ring (bicyclic) bond motifs is 7. The van der Waals surface area contributed by atoms with Crippen molar-refractivity contribution in [3.63, 3.8) is 0 Å². The Hall–Kier alpha value is -0.790. The fourth-order valence-corrected chi connectivity index (χ4v) is 11.2. The average molecular weight is 469 g/mol. The van der Waals surface area contributed by atoms with E-state index in [4.69, 9.17) is 4.74 Å². The van der Waals surface area contributed by atoms with E-state index in [1.165, 1.54) is 51.4 Å². The van der Waals surface area contributed by atoms with Crippen LogP contribution in [0.5, 0.6) is 0 Å². The van der Waals surface area contributed by atoms with Crippen LogP contribution in [0.25, 0.3) is 0 Å². The van der Waals surface area contributed by atoms with Gasteiger partial charge in [-0.2, -0.15) is 0 Å². The third-order valence-electron chi connectivity index (χ3n) is 13.6. The zero-order valence-electron chi connectivity index (χ0n) is 23.7. The number of carbonyl (C=O) groups is 1. The molecule has 0 aliphatic heterocycles. The smallest absolute Gasteiger partial charge is 0.302 e. The molecule has 4 fully saturated rings. The number of allylic oxidation sites excluding steroid dienone is 2. The molecule has 0 N–H and O–H groups in total. The summed E-state index contributed by atoms with van der Waals surface area (Å²) in [6, 6.07) is 0. The van der Waals surface area contributed by atoms with E-state index < -0.39 is 0 Å². The van der Waals surface area contributed by atoms with Crippen molar-refractivity contribution in [1.29, 1.82) is 0 Å². The monoisotopic (exact) mass is 468 g/mol. The van der Waals surface area contributed by atoms with Gasteiger partial charge in [-0.1, -0.05) is 67.0 Å². The minimum atomic E-state index is -0.110. The van der Waals surface area contributed by atoms with Crippen LogP contribution in [0.4, 0.5) is 0 Å². The molecule has 0 aromatic heterocycles. The molecule has 0 unspecified atom stereocenters. The van der Waals surface area contributed by atoms with Gasteiger partial charge in [-0.25, -0.2) is 0 Å². The zero-order valence-corrected chi connectivity index (χ0v) is 23.7. The predicted octanol–water partition coefficient (Wildman–Crippen LogP) is 8.60. The molecule has 0 bridgehead atoms. The second-order valence-corrected chi connectivity index (χ2v) is 15.3. The van der Waals surface area contributed by atoms with Gasteiger partial charge in [0.15, 0.2) is 0 Å². The topological polar surface area (TPSA) is 26.3 Å². The normalized spacial score (nSPS) is 54.0. The summed E-state index contributed by atoms with van der Waals surface area (Å²) in [5, 5.41) is 0. The Bertz CT molecular complexity index is 885. The molecule has 10 atom stereocenters. The van der Waals surface area contributed by atoms with Crippen LogP contribution in [0.15, 0.2) is 11.6 Å². The first kappa shape index (κ1) is 24.9. The number of hydrogen-bond donors (Lipinski definition) is 0. The maximum atomic E-state index is 11.9. The number of esters is 1. The highest BCUT2D eigenvalue weighted by molar-refractivity contribution is 5.66. The van der Waals surface area contributed by atoms with Crippen molar-refractivity contribution in [1.82, 2.24) is 0 Å². The number of hydrogen-bond acceptors (Lipinski definition) is 2. The molecule has 0 aromatic rings. The first-order valence-electron chi connectivity index (χ1n) is 14.6. The van der Waals surface area contributed by atoms with E-state index in [0.717, 1.165) is 30.1 Å². The highest BCUT2D eigenvalue weighted by atomic mass is 16.5. The van der Waals surface area contributed by atoms with Gasteiger partial charge < -0.3 is 4.74 Å². The van der Waals surface area contributed by atoms with E-state index in [9.17, 15) is 4.79 Å². The maximum absolute atomic E-state index is 11.9. The summed E-state index contributed by atoms with van der Waals surface area (Å²) in [6.45, 7) is 22.1. The first-order valence-corrected chi connectivity index (χ1v) is 14.6. The van der Waals surface area contributed by atoms with Gasteiger partial charge in [0.1, 0.15) is 6.10 Å². The maximum Gasteiger partial charge on any atom is 0.302 e. The Morgan fingerprint density at radius 1 is 0.882 bits per heavy atom. The van der Waals surface area contributed by atoms with Gasteiger partial charge >= 0.3 is 5.97 Å². The molecule has 5 rings (SSSR count). The molecule has 5 aliphatic rings. The lowest BCUT2D eigenvalue weighted by Gasteiger charge is -2.71. The average Bonchev–Trinajstić information content (AvgIpc) is 2.74. The van der Waals surface area contributed by atoms with Crippen LogP contribution >= 0.6 is 0 Å². The Kier molecular flexibility index (Phi) is 5.57. The molecule has 0 heterocycles. The predicted molar refractivity (Wildman–Crippen MR) is 140 cm³/mol. The fraction of sp³-hybridized carbons (Fsp3) is 0.906. The van der Waals surface area contributed by atoms with Crippen molar-refractivity contribution in [3.05, 3.63) is 11.6 Å². The quantitative estimate of drug-likeness (QED) is 0.284. The van der Waals surface area contributed by atoms with Crippen molar-refractivity contribution in [2.24, 2.45) is 56.7 Å². The van der Waals surface area contributed by atoms with Crippen molar-refractivity contribution < 1.29 is 9.53 Å². The van der Waals surface area contributed by atoms with Crippen LogP contribution in [0, 0.1) is 56.7 Å². The molecular formula is C32H52O2. The number of ether oxygens (including phenoxy) is 1. The van der Waals surface area contributed by atoms with Gasteiger partial charge in [0.25, 0.3) is 0 Å². The second-order valence-electron chi connectivity index (χ2n) is 15.3. The third kappa shape index (κ3) is 3.08. The molecule has 2 nitrogen and oxygen atoms in total. The molecule has 0 spiro atoms. The van der Waals surface area contributed by atoms with Gasteiger partial charge in [-0.15, -0.1) is 0 Å². The molecule has 192 valence electrons. The largest absolute Gasteiger partial charge is 0.462 e. The molecule has 34 heavy (non-hydrogen) atoms. The van der Waals surface area contributed by atoms with Gasteiger partial charge in [0, 0.05) is 12.3 Å². The van der Waals surface area contributed by atoms with Crippen LogP contribution < -0.4 is 0 Å². The van der Waals surface area contributed by atoms with Crippen molar-refractivity contribution in [2.75, 3.05) is 0 Å². The van der Waals surface area contributed by atoms with E-state index in [2.05, 4.69) is 61.5 Å². The summed E-state index contributed by atoms with van der Waals surface area (Å²) in [6.07, 6.45) is 14.6. The van der Waals surface area contributed by atoms with Crippen LogP contribution in [-0.4, -0.2) is 12.1 Å². The van der Waals surface area contributed by atoms with E-state index in [0.29, 0.717) is 27.6 Å². The Balaban J connectivity index is 1.54. The van der Waals surface area contributed by atoms with Gasteiger partial charge in [-0.05, 0) is 109 Å². The van der Waals surface area contributed by atoms with Crippen molar-refractivity contribution in [3.8, 4) is 0 Å². The number of carbonyl (C=O) groups excluding carboxylic acids is 1. The summed E-state index contributed by atoms with van der Waals surface area (Å²) >= 11 is 0. The summed E-state index contributed by atoms with van der Waals surface area (Å²) in [5.41, 5.74) is 3.44. The molecule has 4 saturated carbocycles. The van der Waals surface area contributed by atoms with Crippen LogP contribution in [-0.2, 0) is 9.53 Å². The lowest BCUT2D eigenvalue weighted by molar-refractivity contribution is -0.212. The van der Waals surface area contributed by atoms with Crippen LogP contribution in [0.3, 0.4) is 0 Å². The van der Waals surface area contributed by atoms with E-state index in [1.54, 1.807) is 6.92 Å². The molecule has 2 heteroatoms. The van der Waals surface area contributed by atoms with Crippen LogP contribution in [0.1, 0.15) is 120 Å². The van der Waals surface area contributed by atoms with Crippen LogP contribution in [0.2, 0.25) is 0 Å². The fourth-order valence-electron chi connectivity index (χ4n) is 11.2. The summed E-state index contributed by atoms with van der Waals surface area (Å²) in [5.74, 6) is 3.66. The van der Waals surface area contributed by atoms with Crippen molar-refractivity contribution in [2.45, 2.75) is 126 Å². The van der Waals surface area contributed by atoms with E-state index in [-0.39, 0.29) is 17.5 Å². The first-order chi connectivity index (χ1) is 15.7. The highest BCUT2D eigenvalue weighted by Gasteiger charge is 2.68. The Morgan fingerprint density at radius 3 is 2.26 bits per heavy atom. The number of rotatable bonds is 1. The Labute approximate surface area is 210 Å². The minimum absolute atomic E-state index is 0.0450. The lowest BCUT2D eigenvalue weighted by Crippen LogP contribution is -2.65. The van der Waals surface area contributed by atoms with Crippen molar-refractivity contribution >= 4 is 5.97 Å². The SMILES string of the molecule is CC(=O)O[C@H]1CC[C@@]2(C)[C@@H](CC[C@]3(C)[C@H]2CC=C2[C@@H]4[C@@H](C)[C@H](C)CC[C@]4(C)CC[C@]23C)C1(C)C. The van der Waals surface area contributed by atoms with E-state index >= 15 is 0 Å². The molecule has 0 amide bonds. The summed E-state index contributed by atoms with van der Waals surface area (Å²) < 4.78 is 5.91. The molecule has 0 aromatic carbocycles. The minimum Gasteiger partial charge on any atom is -0.462 e. The lowest BCUT2D eigenvalue weighted by atomic mass is 9.33. The zero-order chi connectivity index (χ0) is 24.9. The van der Waals surface area contributed by atoms with Gasteiger partial charge in [0.2, 0.25) is 0 Å². The molecule has 0 saturated heterocycles. The Morgan fingerprint density at radius 2 is 1.59 bits per heavy atom. The second kappa shape index (κ2) is 7.61. The summed E-state index contributed by atoms with van der Waals surface area (Å²) in [7, 11) is 0. The standard InChI is InChI=1S/C32H52O2/c1-20-12-15-29(6)18-19-31(8)23(27(29)21(20)2)10-11-25-30(7)16-14-26(34-22(3)33)28(4,5)24(30)13-17-32(25,31)9/h10,20-21,24-27H,11-19H2,1-9H3/t20-,21+,24+,25+,26+,27+,29-,30+,31-,32-/m1/s1. The summed E-state index contributed by atoms with van der Waals surface area (Å²) in [4.78, 5) is 11.9. The molecule has 0 radical (unpaired) electrons.